The molecule has 41 heavy (non-hydrogen) atoms. The van der Waals surface area contributed by atoms with E-state index in [-0.39, 0.29) is 33.3 Å². The number of nitrogens with one attached hydrogen (secondary N) is 1. The monoisotopic (exact) mass is 631 g/mol. The van der Waals surface area contributed by atoms with Crippen LogP contribution in [0.5, 0.6) is 0 Å². The van der Waals surface area contributed by atoms with Crippen LogP contribution in [0.25, 0.3) is 0 Å². The molecule has 2 aromatic rings. The molecule has 228 valence electrons. The van der Waals surface area contributed by atoms with Gasteiger partial charge in [0.25, 0.3) is 5.91 Å². The number of nitrogens with zero attached hydrogens (tertiary/aromatic N) is 4. The number of hydrogen-bond donors (Lipinski definition) is 1. The van der Waals surface area contributed by atoms with Gasteiger partial charge < -0.3 is 18.9 Å². The third-order valence-corrected chi connectivity index (χ3v) is 17.4. The van der Waals surface area contributed by atoms with Gasteiger partial charge in [-0.25, -0.2) is 14.8 Å². The molecule has 0 saturated carbocycles. The molecule has 10 nitrogen and oxygen atoms in total. The van der Waals surface area contributed by atoms with Crippen molar-refractivity contribution in [1.29, 1.82) is 0 Å². The highest BCUT2D eigenvalue weighted by molar-refractivity contribution is 6.74. The maximum Gasteiger partial charge on any atom is 0.351 e. The Balaban J connectivity index is 1.92. The Kier molecular flexibility index (Phi) is 9.39. The molecule has 1 saturated heterocycles. The smallest absolute Gasteiger partial charge is 0.351 e. The fourth-order valence-electron chi connectivity index (χ4n) is 3.53. The first-order valence-electron chi connectivity index (χ1n) is 13.3. The summed E-state index contributed by atoms with van der Waals surface area (Å²) in [6.45, 7) is 19.8. The molecule has 0 aliphatic carbocycles. The maximum atomic E-state index is 16.2. The molecule has 1 aliphatic rings. The number of aromatic nitrogens is 4. The number of halogens is 3. The fraction of sp³-hybridized carbons (Fsp3) is 0.654. The van der Waals surface area contributed by atoms with Gasteiger partial charge in [-0.2, -0.15) is 13.8 Å². The van der Waals surface area contributed by atoms with Crippen LogP contribution in [0, 0.1) is 0 Å². The van der Waals surface area contributed by atoms with Crippen molar-refractivity contribution < 1.29 is 27.2 Å². The van der Waals surface area contributed by atoms with Gasteiger partial charge >= 0.3 is 11.6 Å². The Hall–Kier alpha value is -2.11. The van der Waals surface area contributed by atoms with E-state index in [1.54, 1.807) is 0 Å². The summed E-state index contributed by atoms with van der Waals surface area (Å²) in [5.74, 6) is -4.38. The minimum Gasteiger partial charge on any atom is -0.414 e. The van der Waals surface area contributed by atoms with Crippen LogP contribution in [0.2, 0.25) is 41.5 Å². The maximum absolute atomic E-state index is 16.2. The highest BCUT2D eigenvalue weighted by Crippen LogP contribution is 2.48. The summed E-state index contributed by atoms with van der Waals surface area (Å²) in [5, 5.41) is 1.89. The Morgan fingerprint density at radius 3 is 2.17 bits per heavy atom. The standard InChI is InChI=1S/C26H40ClF2N5O5Si2/c1-24(2,3)40(7,8)37-15-17-19(39-41(9,10)25(4,5)6)26(28,29)21(38-17)34-12-11-18(33-23(34)36)32-20(35)16-13-30-22(27)31-14-16/h11-14,17,19,21H,15H2,1-10H3,(H,32,33,35,36)/t17-,19?,21-/m1/s1. The first-order valence-corrected chi connectivity index (χ1v) is 19.5. The Morgan fingerprint density at radius 1 is 1.10 bits per heavy atom. The van der Waals surface area contributed by atoms with E-state index < -0.39 is 52.6 Å². The predicted molar refractivity (Wildman–Crippen MR) is 158 cm³/mol. The van der Waals surface area contributed by atoms with Crippen LogP contribution in [0.1, 0.15) is 58.1 Å². The second-order valence-electron chi connectivity index (χ2n) is 13.3. The molecule has 3 rings (SSSR count). The molecule has 1 N–H and O–H groups in total. The lowest BCUT2D eigenvalue weighted by Crippen LogP contribution is -2.53. The Morgan fingerprint density at radius 2 is 1.66 bits per heavy atom. The molecular formula is C26H40ClF2N5O5Si2. The summed E-state index contributed by atoms with van der Waals surface area (Å²) in [6.07, 6.45) is -1.24. The van der Waals surface area contributed by atoms with Gasteiger partial charge in [0.2, 0.25) is 11.5 Å². The summed E-state index contributed by atoms with van der Waals surface area (Å²) >= 11 is 5.64. The van der Waals surface area contributed by atoms with E-state index in [0.717, 1.165) is 10.8 Å². The van der Waals surface area contributed by atoms with Gasteiger partial charge in [-0.05, 0) is 53.9 Å². The van der Waals surface area contributed by atoms with Crippen molar-refractivity contribution >= 4 is 40.0 Å². The molecule has 1 unspecified atom stereocenters. The van der Waals surface area contributed by atoms with E-state index in [0.29, 0.717) is 0 Å². The quantitative estimate of drug-likeness (QED) is 0.283. The van der Waals surface area contributed by atoms with Crippen LogP contribution in [-0.4, -0.2) is 66.8 Å². The predicted octanol–water partition coefficient (Wildman–Crippen LogP) is 5.88. The van der Waals surface area contributed by atoms with Gasteiger partial charge in [0.15, 0.2) is 16.6 Å². The average Bonchev–Trinajstić information content (AvgIpc) is 3.06. The molecule has 1 fully saturated rings. The number of rotatable bonds is 8. The summed E-state index contributed by atoms with van der Waals surface area (Å²) in [6, 6.07) is 1.23. The summed E-state index contributed by atoms with van der Waals surface area (Å²) in [5.41, 5.74) is -0.960. The topological polar surface area (TPSA) is 117 Å². The minimum absolute atomic E-state index is 0.0383. The Bertz CT molecular complexity index is 1310. The first kappa shape index (κ1) is 33.4. The lowest BCUT2D eigenvalue weighted by Gasteiger charge is -2.41. The second kappa shape index (κ2) is 11.5. The lowest BCUT2D eigenvalue weighted by atomic mass is 10.1. The summed E-state index contributed by atoms with van der Waals surface area (Å²) in [4.78, 5) is 36.7. The number of alkyl halides is 2. The molecule has 0 spiro atoms. The first-order chi connectivity index (χ1) is 18.6. The van der Waals surface area contributed by atoms with Crippen molar-refractivity contribution in [2.75, 3.05) is 11.9 Å². The largest absolute Gasteiger partial charge is 0.414 e. The minimum atomic E-state index is -3.59. The van der Waals surface area contributed by atoms with Crippen molar-refractivity contribution in [3.05, 3.63) is 46.0 Å². The summed E-state index contributed by atoms with van der Waals surface area (Å²) in [7, 11) is -5.01. The lowest BCUT2D eigenvalue weighted by molar-refractivity contribution is -0.138. The van der Waals surface area contributed by atoms with Crippen molar-refractivity contribution in [2.24, 2.45) is 0 Å². The SMILES string of the molecule is CC(C)(C)[Si](C)(C)OC[C@H]1O[C@@H](n2ccc(NC(=O)c3cnc(Cl)nc3)nc2=O)C(F)(F)C1O[Si](C)(C)C(C)(C)C. The average molecular weight is 632 g/mol. The van der Waals surface area contributed by atoms with Gasteiger partial charge in [-0.1, -0.05) is 41.5 Å². The molecule has 1 amide bonds. The van der Waals surface area contributed by atoms with E-state index in [2.05, 4.69) is 41.0 Å². The van der Waals surface area contributed by atoms with Gasteiger partial charge in [0.05, 0.1) is 12.2 Å². The fourth-order valence-corrected chi connectivity index (χ4v) is 5.94. The van der Waals surface area contributed by atoms with E-state index in [9.17, 15) is 9.59 Å². The molecule has 3 atom stereocenters. The zero-order chi connectivity index (χ0) is 31.2. The highest BCUT2D eigenvalue weighted by Gasteiger charge is 2.63. The van der Waals surface area contributed by atoms with Crippen LogP contribution in [0.3, 0.4) is 0 Å². The zero-order valence-corrected chi connectivity index (χ0v) is 28.0. The number of hydrogen-bond acceptors (Lipinski definition) is 8. The van der Waals surface area contributed by atoms with E-state index in [1.807, 2.05) is 47.0 Å². The Labute approximate surface area is 246 Å². The molecule has 0 bridgehead atoms. The normalized spacial score (nSPS) is 21.6. The molecule has 0 aromatic carbocycles. The number of carbonyl (C=O) groups is 1. The van der Waals surface area contributed by atoms with Gasteiger partial charge in [-0.15, -0.1) is 0 Å². The molecule has 15 heteroatoms. The second-order valence-corrected chi connectivity index (χ2v) is 23.2. The van der Waals surface area contributed by atoms with Gasteiger partial charge in [-0.3, -0.25) is 9.36 Å². The highest BCUT2D eigenvalue weighted by atomic mass is 35.5. The van der Waals surface area contributed by atoms with E-state index in [1.165, 1.54) is 18.5 Å². The van der Waals surface area contributed by atoms with Crippen LogP contribution >= 0.6 is 11.6 Å². The molecule has 1 aliphatic heterocycles. The molecular weight excluding hydrogens is 592 g/mol. The number of anilines is 1. The van der Waals surface area contributed by atoms with E-state index >= 15 is 8.78 Å². The van der Waals surface area contributed by atoms with Crippen LogP contribution in [0.15, 0.2) is 29.5 Å². The van der Waals surface area contributed by atoms with Crippen LogP contribution in [-0.2, 0) is 13.6 Å². The molecule has 3 heterocycles. The van der Waals surface area contributed by atoms with Crippen molar-refractivity contribution in [2.45, 2.75) is 102 Å². The van der Waals surface area contributed by atoms with Crippen LogP contribution < -0.4 is 11.0 Å². The van der Waals surface area contributed by atoms with Gasteiger partial charge in [0, 0.05) is 18.6 Å². The van der Waals surface area contributed by atoms with Crippen molar-refractivity contribution in [1.82, 2.24) is 19.5 Å². The third-order valence-electron chi connectivity index (χ3n) is 8.20. The van der Waals surface area contributed by atoms with E-state index in [4.69, 9.17) is 25.2 Å². The number of amides is 1. The molecule has 2 aromatic heterocycles. The number of carbonyl (C=O) groups excluding carboxylic acids is 1. The zero-order valence-electron chi connectivity index (χ0n) is 25.2. The van der Waals surface area contributed by atoms with Crippen LogP contribution in [0.4, 0.5) is 14.6 Å². The van der Waals surface area contributed by atoms with Crippen molar-refractivity contribution in [3.63, 3.8) is 0 Å². The number of ether oxygens (including phenoxy) is 1. The van der Waals surface area contributed by atoms with Gasteiger partial charge in [0.1, 0.15) is 18.0 Å². The molecule has 0 radical (unpaired) electrons. The third kappa shape index (κ3) is 7.28. The van der Waals surface area contributed by atoms with Crippen molar-refractivity contribution in [3.8, 4) is 0 Å². The summed E-state index contributed by atoms with van der Waals surface area (Å²) < 4.78 is 51.5.